The molecular weight excluding hydrogens is 306 g/mol. The van der Waals surface area contributed by atoms with Crippen LogP contribution in [0.1, 0.15) is 44.2 Å². The highest BCUT2D eigenvalue weighted by molar-refractivity contribution is 9.10. The quantitative estimate of drug-likeness (QED) is 0.835. The summed E-state index contributed by atoms with van der Waals surface area (Å²) in [5, 5.41) is 4.70. The molecule has 18 heavy (non-hydrogen) atoms. The minimum Gasteiger partial charge on any atom is -0.307 e. The number of hydrogen-bond acceptors (Lipinski definition) is 2. The van der Waals surface area contributed by atoms with Crippen LogP contribution < -0.4 is 5.32 Å². The second-order valence-corrected chi connectivity index (χ2v) is 7.10. The Morgan fingerprint density at radius 3 is 2.89 bits per heavy atom. The Morgan fingerprint density at radius 2 is 2.28 bits per heavy atom. The largest absolute Gasteiger partial charge is 0.307 e. The van der Waals surface area contributed by atoms with Gasteiger partial charge in [0.15, 0.2) is 0 Å². The molecule has 1 fully saturated rings. The Labute approximate surface area is 123 Å². The summed E-state index contributed by atoms with van der Waals surface area (Å²) in [4.78, 5) is 0. The second kappa shape index (κ2) is 6.97. The van der Waals surface area contributed by atoms with Crippen LogP contribution in [0.25, 0.3) is 0 Å². The molecule has 3 unspecified atom stereocenters. The van der Waals surface area contributed by atoms with E-state index in [2.05, 4.69) is 58.7 Å². The van der Waals surface area contributed by atoms with Crippen molar-refractivity contribution in [1.82, 2.24) is 5.32 Å². The van der Waals surface area contributed by atoms with Gasteiger partial charge in [0.25, 0.3) is 0 Å². The van der Waals surface area contributed by atoms with Crippen LogP contribution in [0.2, 0.25) is 0 Å². The lowest BCUT2D eigenvalue weighted by Crippen LogP contribution is -2.30. The molecule has 100 valence electrons. The van der Waals surface area contributed by atoms with Crippen molar-refractivity contribution in [3.8, 4) is 0 Å². The van der Waals surface area contributed by atoms with Gasteiger partial charge in [-0.1, -0.05) is 35.0 Å². The maximum Gasteiger partial charge on any atom is 0.0320 e. The summed E-state index contributed by atoms with van der Waals surface area (Å²) in [6.45, 7) is 2.26. The maximum absolute atomic E-state index is 3.84. The van der Waals surface area contributed by atoms with Crippen LogP contribution in [0.4, 0.5) is 0 Å². The average Bonchev–Trinajstić information content (AvgIpc) is 2.83. The van der Waals surface area contributed by atoms with Crippen LogP contribution in [0.15, 0.2) is 28.7 Å². The predicted molar refractivity (Wildman–Crippen MR) is 85.3 cm³/mol. The van der Waals surface area contributed by atoms with E-state index in [1.807, 2.05) is 11.8 Å². The van der Waals surface area contributed by atoms with Crippen molar-refractivity contribution in [1.29, 1.82) is 0 Å². The van der Waals surface area contributed by atoms with Gasteiger partial charge in [0, 0.05) is 21.8 Å². The van der Waals surface area contributed by atoms with Gasteiger partial charge in [0.2, 0.25) is 0 Å². The molecule has 0 aromatic heterocycles. The fraction of sp³-hybridized carbons (Fsp3) is 0.600. The average molecular weight is 328 g/mol. The van der Waals surface area contributed by atoms with Gasteiger partial charge < -0.3 is 5.32 Å². The van der Waals surface area contributed by atoms with Crippen LogP contribution in [-0.2, 0) is 0 Å². The Morgan fingerprint density at radius 1 is 1.44 bits per heavy atom. The van der Waals surface area contributed by atoms with E-state index in [1.54, 1.807) is 0 Å². The van der Waals surface area contributed by atoms with Crippen molar-refractivity contribution < 1.29 is 0 Å². The predicted octanol–water partition coefficient (Wildman–Crippen LogP) is 4.77. The Kier molecular flexibility index (Phi) is 5.58. The highest BCUT2D eigenvalue weighted by atomic mass is 79.9. The van der Waals surface area contributed by atoms with Crippen molar-refractivity contribution in [3.63, 3.8) is 0 Å². The smallest absolute Gasteiger partial charge is 0.0320 e. The zero-order valence-electron chi connectivity index (χ0n) is 11.2. The van der Waals surface area contributed by atoms with Gasteiger partial charge in [-0.05, 0) is 49.6 Å². The first kappa shape index (κ1) is 14.4. The number of nitrogens with one attached hydrogen (secondary N) is 1. The lowest BCUT2D eigenvalue weighted by molar-refractivity contribution is 0.431. The molecule has 3 atom stereocenters. The molecule has 1 aromatic carbocycles. The van der Waals surface area contributed by atoms with E-state index in [1.165, 1.54) is 29.3 Å². The molecule has 3 heteroatoms. The summed E-state index contributed by atoms with van der Waals surface area (Å²) >= 11 is 5.58. The molecule has 1 aromatic rings. The van der Waals surface area contributed by atoms with Crippen LogP contribution in [0.5, 0.6) is 0 Å². The fourth-order valence-corrected chi connectivity index (χ4v) is 3.98. The third-order valence-electron chi connectivity index (χ3n) is 3.81. The van der Waals surface area contributed by atoms with Gasteiger partial charge >= 0.3 is 0 Å². The summed E-state index contributed by atoms with van der Waals surface area (Å²) < 4.78 is 1.17. The standard InChI is InChI=1S/C15H22BrNS/c1-3-15(11-5-4-6-12(16)9-11)17-13-7-8-14(10-13)18-2/h4-6,9,13-15,17H,3,7-8,10H2,1-2H3. The van der Waals surface area contributed by atoms with Gasteiger partial charge in [-0.3, -0.25) is 0 Å². The van der Waals surface area contributed by atoms with E-state index < -0.39 is 0 Å². The molecule has 0 radical (unpaired) electrons. The molecule has 0 aliphatic heterocycles. The number of hydrogen-bond donors (Lipinski definition) is 1. The molecule has 1 aliphatic rings. The Bertz CT molecular complexity index is 383. The summed E-state index contributed by atoms with van der Waals surface area (Å²) in [7, 11) is 0. The van der Waals surface area contributed by atoms with E-state index >= 15 is 0 Å². The minimum absolute atomic E-state index is 0.494. The number of thioether (sulfide) groups is 1. The third-order valence-corrected chi connectivity index (χ3v) is 5.40. The van der Waals surface area contributed by atoms with Gasteiger partial charge in [-0.2, -0.15) is 11.8 Å². The number of benzene rings is 1. The molecule has 0 spiro atoms. The second-order valence-electron chi connectivity index (χ2n) is 5.05. The van der Waals surface area contributed by atoms with Crippen molar-refractivity contribution in [2.45, 2.75) is 49.9 Å². The number of rotatable bonds is 5. The van der Waals surface area contributed by atoms with Crippen LogP contribution in [-0.4, -0.2) is 17.5 Å². The van der Waals surface area contributed by atoms with Crippen LogP contribution >= 0.6 is 27.7 Å². The molecule has 2 rings (SSSR count). The van der Waals surface area contributed by atoms with E-state index in [-0.39, 0.29) is 0 Å². The summed E-state index contributed by atoms with van der Waals surface area (Å²) in [6.07, 6.45) is 7.41. The van der Waals surface area contributed by atoms with Gasteiger partial charge in [0.05, 0.1) is 0 Å². The van der Waals surface area contributed by atoms with Crippen LogP contribution in [0, 0.1) is 0 Å². The molecule has 1 saturated carbocycles. The SMILES string of the molecule is CCC(NC1CCC(SC)C1)c1cccc(Br)c1. The topological polar surface area (TPSA) is 12.0 Å². The third kappa shape index (κ3) is 3.75. The molecule has 1 N–H and O–H groups in total. The van der Waals surface area contributed by atoms with Crippen molar-refractivity contribution in [2.24, 2.45) is 0 Å². The van der Waals surface area contributed by atoms with Gasteiger partial charge in [0.1, 0.15) is 0 Å². The van der Waals surface area contributed by atoms with E-state index in [0.717, 1.165) is 11.7 Å². The number of halogens is 1. The van der Waals surface area contributed by atoms with Gasteiger partial charge in [-0.25, -0.2) is 0 Å². The Balaban J connectivity index is 1.97. The molecular formula is C15H22BrNS. The zero-order valence-corrected chi connectivity index (χ0v) is 13.6. The first-order valence-corrected chi connectivity index (χ1v) is 8.85. The summed E-state index contributed by atoms with van der Waals surface area (Å²) in [5.74, 6) is 0. The normalized spacial score (nSPS) is 25.3. The lowest BCUT2D eigenvalue weighted by Gasteiger charge is -2.22. The highest BCUT2D eigenvalue weighted by Gasteiger charge is 2.25. The molecule has 0 heterocycles. The maximum atomic E-state index is 3.84. The molecule has 1 nitrogen and oxygen atoms in total. The Hall–Kier alpha value is 0.01000. The molecule has 0 bridgehead atoms. The highest BCUT2D eigenvalue weighted by Crippen LogP contribution is 2.30. The van der Waals surface area contributed by atoms with E-state index in [9.17, 15) is 0 Å². The van der Waals surface area contributed by atoms with Crippen molar-refractivity contribution >= 4 is 27.7 Å². The van der Waals surface area contributed by atoms with Gasteiger partial charge in [-0.15, -0.1) is 0 Å². The summed E-state index contributed by atoms with van der Waals surface area (Å²) in [6, 6.07) is 9.88. The van der Waals surface area contributed by atoms with Crippen molar-refractivity contribution in [2.75, 3.05) is 6.26 Å². The molecule has 0 saturated heterocycles. The first-order valence-electron chi connectivity index (χ1n) is 6.77. The monoisotopic (exact) mass is 327 g/mol. The van der Waals surface area contributed by atoms with Crippen LogP contribution in [0.3, 0.4) is 0 Å². The zero-order chi connectivity index (χ0) is 13.0. The molecule has 1 aliphatic carbocycles. The van der Waals surface area contributed by atoms with E-state index in [0.29, 0.717) is 12.1 Å². The first-order chi connectivity index (χ1) is 8.72. The summed E-state index contributed by atoms with van der Waals surface area (Å²) in [5.41, 5.74) is 1.40. The van der Waals surface area contributed by atoms with Crippen molar-refractivity contribution in [3.05, 3.63) is 34.3 Å². The fourth-order valence-electron chi connectivity index (χ4n) is 2.76. The van der Waals surface area contributed by atoms with E-state index in [4.69, 9.17) is 0 Å². The molecule has 0 amide bonds. The minimum atomic E-state index is 0.494. The lowest BCUT2D eigenvalue weighted by atomic mass is 10.0.